The zero-order valence-corrected chi connectivity index (χ0v) is 9.69. The first kappa shape index (κ1) is 10.0. The molecule has 3 N–H and O–H groups in total. The van der Waals surface area contributed by atoms with E-state index in [0.29, 0.717) is 5.75 Å². The molecular weight excluding hydrogens is 264 g/mol. The second-order valence-electron chi connectivity index (χ2n) is 3.02. The van der Waals surface area contributed by atoms with Crippen molar-refractivity contribution in [3.8, 4) is 0 Å². The molecule has 1 amide bonds. The lowest BCUT2D eigenvalue weighted by molar-refractivity contribution is -0.116. The van der Waals surface area contributed by atoms with E-state index in [1.165, 1.54) is 0 Å². The minimum Gasteiger partial charge on any atom is -0.324 e. The van der Waals surface area contributed by atoms with E-state index in [1.54, 1.807) is 11.8 Å². The van der Waals surface area contributed by atoms with Gasteiger partial charge in [-0.3, -0.25) is 4.79 Å². The monoisotopic (exact) mass is 272 g/mol. The molecule has 0 aromatic heterocycles. The summed E-state index contributed by atoms with van der Waals surface area (Å²) in [7, 11) is 0. The highest BCUT2D eigenvalue weighted by molar-refractivity contribution is 9.10. The van der Waals surface area contributed by atoms with Gasteiger partial charge < -0.3 is 11.1 Å². The molecule has 5 heteroatoms. The number of carbonyl (C=O) groups excluding carboxylic acids is 1. The second-order valence-corrected chi connectivity index (χ2v) is 4.91. The van der Waals surface area contributed by atoms with Crippen LogP contribution in [0.2, 0.25) is 0 Å². The fourth-order valence-corrected chi connectivity index (χ4v) is 2.92. The van der Waals surface area contributed by atoms with E-state index < -0.39 is 6.04 Å². The summed E-state index contributed by atoms with van der Waals surface area (Å²) in [6, 6.07) is 5.29. The number of carbonyl (C=O) groups is 1. The van der Waals surface area contributed by atoms with Gasteiger partial charge in [0.15, 0.2) is 0 Å². The Hall–Kier alpha value is -0.520. The van der Waals surface area contributed by atoms with Crippen LogP contribution in [0, 0.1) is 0 Å². The Balaban J connectivity index is 2.42. The standard InChI is InChI=1S/C9H9BrN2OS/c10-5-2-1-3-7-8(5)14-4-6(11)9(13)12-7/h1-3,6H,4,11H2,(H,12,13)/t6-/m0/s1. The number of nitrogens with two attached hydrogens (primary N) is 1. The van der Waals surface area contributed by atoms with Crippen molar-refractivity contribution in [2.24, 2.45) is 5.73 Å². The number of amides is 1. The molecule has 0 radical (unpaired) electrons. The van der Waals surface area contributed by atoms with Crippen LogP contribution in [-0.2, 0) is 4.79 Å². The van der Waals surface area contributed by atoms with E-state index in [0.717, 1.165) is 15.1 Å². The number of halogens is 1. The number of fused-ring (bicyclic) bond motifs is 1. The minimum absolute atomic E-state index is 0.116. The minimum atomic E-state index is -0.431. The van der Waals surface area contributed by atoms with Crippen LogP contribution in [0.15, 0.2) is 27.6 Å². The molecule has 1 atom stereocenters. The Morgan fingerprint density at radius 2 is 2.36 bits per heavy atom. The summed E-state index contributed by atoms with van der Waals surface area (Å²) in [5.74, 6) is 0.496. The van der Waals surface area contributed by atoms with Gasteiger partial charge in [-0.25, -0.2) is 0 Å². The molecule has 0 bridgehead atoms. The molecule has 1 aromatic rings. The molecule has 0 fully saturated rings. The number of hydrogen-bond donors (Lipinski definition) is 2. The second kappa shape index (κ2) is 3.92. The van der Waals surface area contributed by atoms with Gasteiger partial charge in [0, 0.05) is 15.1 Å². The molecule has 2 rings (SSSR count). The lowest BCUT2D eigenvalue weighted by atomic mass is 10.3. The first-order valence-electron chi connectivity index (χ1n) is 4.16. The number of thioether (sulfide) groups is 1. The van der Waals surface area contributed by atoms with E-state index in [9.17, 15) is 4.79 Å². The molecule has 1 heterocycles. The van der Waals surface area contributed by atoms with Crippen LogP contribution in [0.4, 0.5) is 5.69 Å². The van der Waals surface area contributed by atoms with Crippen LogP contribution in [0.25, 0.3) is 0 Å². The van der Waals surface area contributed by atoms with Crippen molar-refractivity contribution in [3.05, 3.63) is 22.7 Å². The molecule has 0 saturated carbocycles. The van der Waals surface area contributed by atoms with Gasteiger partial charge >= 0.3 is 0 Å². The zero-order chi connectivity index (χ0) is 10.1. The summed E-state index contributed by atoms with van der Waals surface area (Å²) in [5, 5.41) is 2.80. The Kier molecular flexibility index (Phi) is 2.80. The van der Waals surface area contributed by atoms with Gasteiger partial charge in [-0.15, -0.1) is 11.8 Å². The van der Waals surface area contributed by atoms with Crippen LogP contribution in [0.3, 0.4) is 0 Å². The van der Waals surface area contributed by atoms with Gasteiger partial charge in [0.2, 0.25) is 5.91 Å². The molecule has 3 nitrogen and oxygen atoms in total. The summed E-state index contributed by atoms with van der Waals surface area (Å²) in [5.41, 5.74) is 6.50. The van der Waals surface area contributed by atoms with E-state index in [2.05, 4.69) is 21.2 Å². The maximum Gasteiger partial charge on any atom is 0.242 e. The summed E-state index contributed by atoms with van der Waals surface area (Å²) in [4.78, 5) is 12.5. The highest BCUT2D eigenvalue weighted by atomic mass is 79.9. The van der Waals surface area contributed by atoms with Crippen LogP contribution < -0.4 is 11.1 Å². The average molecular weight is 273 g/mol. The van der Waals surface area contributed by atoms with Gasteiger partial charge in [-0.05, 0) is 28.1 Å². The third-order valence-electron chi connectivity index (χ3n) is 1.97. The molecule has 0 aliphatic carbocycles. The van der Waals surface area contributed by atoms with Gasteiger partial charge in [0.1, 0.15) is 0 Å². The Bertz CT molecular complexity index is 383. The Labute approximate surface area is 94.6 Å². The van der Waals surface area contributed by atoms with Crippen LogP contribution in [0.1, 0.15) is 0 Å². The average Bonchev–Trinajstić information content (AvgIpc) is 2.29. The van der Waals surface area contributed by atoms with Crippen LogP contribution >= 0.6 is 27.7 Å². The highest BCUT2D eigenvalue weighted by Crippen LogP contribution is 2.36. The topological polar surface area (TPSA) is 55.1 Å². The molecule has 1 aliphatic rings. The van der Waals surface area contributed by atoms with Crippen molar-refractivity contribution in [1.29, 1.82) is 0 Å². The van der Waals surface area contributed by atoms with Crippen LogP contribution in [-0.4, -0.2) is 17.7 Å². The van der Waals surface area contributed by atoms with E-state index in [-0.39, 0.29) is 5.91 Å². The molecule has 0 spiro atoms. The fraction of sp³-hybridized carbons (Fsp3) is 0.222. The summed E-state index contributed by atoms with van der Waals surface area (Å²) in [6.45, 7) is 0. The van der Waals surface area contributed by atoms with Gasteiger partial charge in [-0.2, -0.15) is 0 Å². The van der Waals surface area contributed by atoms with Gasteiger partial charge in [0.25, 0.3) is 0 Å². The van der Waals surface area contributed by atoms with Crippen molar-refractivity contribution in [2.45, 2.75) is 10.9 Å². The Morgan fingerprint density at radius 1 is 1.57 bits per heavy atom. The number of hydrogen-bond acceptors (Lipinski definition) is 3. The van der Waals surface area contributed by atoms with Crippen molar-refractivity contribution < 1.29 is 4.79 Å². The number of anilines is 1. The third kappa shape index (κ3) is 1.80. The molecule has 1 aromatic carbocycles. The van der Waals surface area contributed by atoms with Gasteiger partial charge in [-0.1, -0.05) is 6.07 Å². The summed E-state index contributed by atoms with van der Waals surface area (Å²) in [6.07, 6.45) is 0. The molecule has 14 heavy (non-hydrogen) atoms. The molecule has 0 saturated heterocycles. The van der Waals surface area contributed by atoms with E-state index in [1.807, 2.05) is 18.2 Å². The predicted molar refractivity (Wildman–Crippen MR) is 61.5 cm³/mol. The maximum absolute atomic E-state index is 11.4. The normalized spacial score (nSPS) is 21.0. The van der Waals surface area contributed by atoms with Crippen molar-refractivity contribution in [2.75, 3.05) is 11.1 Å². The first-order chi connectivity index (χ1) is 6.68. The largest absolute Gasteiger partial charge is 0.324 e. The van der Waals surface area contributed by atoms with Crippen molar-refractivity contribution in [1.82, 2.24) is 0 Å². The lowest BCUT2D eigenvalue weighted by Gasteiger charge is -2.06. The lowest BCUT2D eigenvalue weighted by Crippen LogP contribution is -2.36. The predicted octanol–water partition coefficient (Wildman–Crippen LogP) is 1.82. The maximum atomic E-state index is 11.4. The fourth-order valence-electron chi connectivity index (χ4n) is 1.23. The molecular formula is C9H9BrN2OS. The van der Waals surface area contributed by atoms with Crippen molar-refractivity contribution >= 4 is 39.3 Å². The molecule has 1 aliphatic heterocycles. The number of benzene rings is 1. The first-order valence-corrected chi connectivity index (χ1v) is 5.94. The Morgan fingerprint density at radius 3 is 3.14 bits per heavy atom. The molecule has 74 valence electrons. The SMILES string of the molecule is N[C@H]1CSc2c(Br)cccc2NC1=O. The van der Waals surface area contributed by atoms with Crippen molar-refractivity contribution in [3.63, 3.8) is 0 Å². The van der Waals surface area contributed by atoms with Gasteiger partial charge in [0.05, 0.1) is 11.7 Å². The quantitative estimate of drug-likeness (QED) is 0.758. The summed E-state index contributed by atoms with van der Waals surface area (Å²) < 4.78 is 0.995. The highest BCUT2D eigenvalue weighted by Gasteiger charge is 2.21. The third-order valence-corrected chi connectivity index (χ3v) is 4.15. The molecule has 0 unspecified atom stereocenters. The zero-order valence-electron chi connectivity index (χ0n) is 7.29. The van der Waals surface area contributed by atoms with Crippen LogP contribution in [0.5, 0.6) is 0 Å². The number of nitrogens with one attached hydrogen (secondary N) is 1. The smallest absolute Gasteiger partial charge is 0.242 e. The van der Waals surface area contributed by atoms with E-state index >= 15 is 0 Å². The van der Waals surface area contributed by atoms with E-state index in [4.69, 9.17) is 5.73 Å². The number of rotatable bonds is 0. The summed E-state index contributed by atoms with van der Waals surface area (Å²) >= 11 is 5.04.